The Labute approximate surface area is 211 Å². The van der Waals surface area contributed by atoms with Gasteiger partial charge in [-0.15, -0.1) is 0 Å². The van der Waals surface area contributed by atoms with Crippen LogP contribution in [-0.2, 0) is 20.2 Å². The van der Waals surface area contributed by atoms with E-state index in [-0.39, 0.29) is 17.0 Å². The number of nitrogens with zero attached hydrogens (tertiary/aromatic N) is 2. The van der Waals surface area contributed by atoms with Crippen molar-refractivity contribution in [1.29, 1.82) is 0 Å². The number of esters is 1. The van der Waals surface area contributed by atoms with E-state index in [2.05, 4.69) is 9.72 Å². The van der Waals surface area contributed by atoms with Crippen LogP contribution in [0.4, 0.5) is 30.7 Å². The van der Waals surface area contributed by atoms with Crippen molar-refractivity contribution in [3.63, 3.8) is 0 Å². The SMILES string of the molecule is COC(=O)[C@@H]1CC(F)(F)CC[C@H]1c1oc(C(F)(F)C(F)(F)F)nc1-c1ccc(C(=O)N2CCOCC2)cc1. The smallest absolute Gasteiger partial charge is 0.463 e. The lowest BCUT2D eigenvalue weighted by Crippen LogP contribution is -2.40. The Hall–Kier alpha value is -3.16. The number of carbonyl (C=O) groups excluding carboxylic acids is 2. The lowest BCUT2D eigenvalue weighted by molar-refractivity contribution is -0.297. The average molecular weight is 552 g/mol. The van der Waals surface area contributed by atoms with Gasteiger partial charge in [0.15, 0.2) is 0 Å². The number of hydrogen-bond donors (Lipinski definition) is 0. The Morgan fingerprint density at radius 2 is 1.71 bits per heavy atom. The lowest BCUT2D eigenvalue weighted by Gasteiger charge is -2.33. The summed E-state index contributed by atoms with van der Waals surface area (Å²) in [5.74, 6) is -15.6. The Kier molecular flexibility index (Phi) is 7.47. The van der Waals surface area contributed by atoms with Crippen LogP contribution in [0.5, 0.6) is 0 Å². The monoisotopic (exact) mass is 552 g/mol. The number of methoxy groups -OCH3 is 1. The number of rotatable bonds is 5. The minimum Gasteiger partial charge on any atom is -0.469 e. The fraction of sp³-hybridized carbons (Fsp3) is 0.542. The van der Waals surface area contributed by atoms with Gasteiger partial charge in [0.25, 0.3) is 11.8 Å². The fourth-order valence-electron chi connectivity index (χ4n) is 4.61. The summed E-state index contributed by atoms with van der Waals surface area (Å²) in [6, 6.07) is 5.21. The first-order valence-corrected chi connectivity index (χ1v) is 11.6. The number of morpholine rings is 1. The summed E-state index contributed by atoms with van der Waals surface area (Å²) >= 11 is 0. The second kappa shape index (κ2) is 10.2. The van der Waals surface area contributed by atoms with Gasteiger partial charge in [0.05, 0.1) is 26.2 Å². The van der Waals surface area contributed by atoms with Crippen LogP contribution < -0.4 is 0 Å². The van der Waals surface area contributed by atoms with Crippen LogP contribution in [0.3, 0.4) is 0 Å². The van der Waals surface area contributed by atoms with Crippen LogP contribution in [-0.4, -0.2) is 67.3 Å². The van der Waals surface area contributed by atoms with Crippen molar-refractivity contribution in [3.05, 3.63) is 41.5 Å². The molecular weight excluding hydrogens is 529 g/mol. The standard InChI is InChI=1S/C24H23F7N2O5/c1-36-20(35)16-12-22(25,26)7-6-15(16)18-17(32-21(38-18)23(27,28)24(29,30)31)13-2-4-14(5-3-13)19(34)33-8-10-37-11-9-33/h2-5,15-16H,6-12H2,1H3/t15-,16-/m1/s1. The summed E-state index contributed by atoms with van der Waals surface area (Å²) in [7, 11) is 0.945. The molecule has 2 aromatic rings. The van der Waals surface area contributed by atoms with E-state index >= 15 is 0 Å². The topological polar surface area (TPSA) is 81.9 Å². The summed E-state index contributed by atoms with van der Waals surface area (Å²) in [5, 5.41) is 0. The van der Waals surface area contributed by atoms with Gasteiger partial charge in [-0.1, -0.05) is 12.1 Å². The molecule has 38 heavy (non-hydrogen) atoms. The molecule has 1 saturated carbocycles. The number of aromatic nitrogens is 1. The summed E-state index contributed by atoms with van der Waals surface area (Å²) < 4.78 is 111. The Morgan fingerprint density at radius 1 is 1.08 bits per heavy atom. The van der Waals surface area contributed by atoms with Gasteiger partial charge in [-0.3, -0.25) is 9.59 Å². The van der Waals surface area contributed by atoms with E-state index in [1.54, 1.807) is 0 Å². The summed E-state index contributed by atoms with van der Waals surface area (Å²) in [5.41, 5.74) is -0.267. The lowest BCUT2D eigenvalue weighted by atomic mass is 9.75. The van der Waals surface area contributed by atoms with Crippen molar-refractivity contribution in [2.24, 2.45) is 5.92 Å². The fourth-order valence-corrected chi connectivity index (χ4v) is 4.61. The summed E-state index contributed by atoms with van der Waals surface area (Å²) in [6.45, 7) is 1.41. The molecular formula is C24H23F7N2O5. The molecule has 1 aliphatic heterocycles. The maximum Gasteiger partial charge on any atom is 0.463 e. The van der Waals surface area contributed by atoms with Crippen LogP contribution in [0.25, 0.3) is 11.3 Å². The molecule has 1 aromatic carbocycles. The minimum absolute atomic E-state index is 0.00699. The molecule has 4 rings (SSSR count). The Bertz CT molecular complexity index is 1170. The van der Waals surface area contributed by atoms with E-state index in [4.69, 9.17) is 9.15 Å². The molecule has 0 N–H and O–H groups in total. The Balaban J connectivity index is 1.76. The molecule has 1 saturated heterocycles. The molecule has 1 aliphatic carbocycles. The molecule has 2 fully saturated rings. The highest BCUT2D eigenvalue weighted by molar-refractivity contribution is 5.94. The first-order chi connectivity index (χ1) is 17.7. The quantitative estimate of drug-likeness (QED) is 0.377. The second-order valence-electron chi connectivity index (χ2n) is 9.12. The van der Waals surface area contributed by atoms with Crippen LogP contribution in [0, 0.1) is 5.92 Å². The van der Waals surface area contributed by atoms with E-state index in [1.807, 2.05) is 0 Å². The van der Waals surface area contributed by atoms with Crippen molar-refractivity contribution in [3.8, 4) is 11.3 Å². The van der Waals surface area contributed by atoms with E-state index < -0.39 is 72.4 Å². The molecule has 208 valence electrons. The highest BCUT2D eigenvalue weighted by Gasteiger charge is 2.63. The first-order valence-electron chi connectivity index (χ1n) is 11.6. The number of carbonyl (C=O) groups is 2. The molecule has 1 aromatic heterocycles. The molecule has 1 amide bonds. The van der Waals surface area contributed by atoms with Gasteiger partial charge >= 0.3 is 18.1 Å². The molecule has 2 aliphatic rings. The van der Waals surface area contributed by atoms with Crippen molar-refractivity contribution in [2.75, 3.05) is 33.4 Å². The van der Waals surface area contributed by atoms with Crippen LogP contribution >= 0.6 is 0 Å². The van der Waals surface area contributed by atoms with Gasteiger partial charge in [0.2, 0.25) is 5.92 Å². The third-order valence-corrected chi connectivity index (χ3v) is 6.65. The van der Waals surface area contributed by atoms with Gasteiger partial charge in [-0.25, -0.2) is 13.8 Å². The third kappa shape index (κ3) is 5.36. The number of hydrogen-bond acceptors (Lipinski definition) is 6. The number of halogens is 7. The average Bonchev–Trinajstić information content (AvgIpc) is 3.33. The number of oxazole rings is 1. The zero-order valence-electron chi connectivity index (χ0n) is 20.0. The van der Waals surface area contributed by atoms with Gasteiger partial charge in [-0.2, -0.15) is 22.0 Å². The highest BCUT2D eigenvalue weighted by Crippen LogP contribution is 2.50. The van der Waals surface area contributed by atoms with Gasteiger partial charge in [-0.05, 0) is 18.6 Å². The second-order valence-corrected chi connectivity index (χ2v) is 9.12. The molecule has 7 nitrogen and oxygen atoms in total. The number of benzene rings is 1. The number of ether oxygens (including phenoxy) is 2. The molecule has 14 heteroatoms. The molecule has 0 unspecified atom stereocenters. The molecule has 0 bridgehead atoms. The highest BCUT2D eigenvalue weighted by atomic mass is 19.4. The predicted octanol–water partition coefficient (Wildman–Crippen LogP) is 5.16. The van der Waals surface area contributed by atoms with Gasteiger partial charge in [0.1, 0.15) is 11.5 Å². The minimum atomic E-state index is -6.05. The predicted molar refractivity (Wildman–Crippen MR) is 116 cm³/mol. The van der Waals surface area contributed by atoms with E-state index in [0.29, 0.717) is 26.3 Å². The zero-order valence-corrected chi connectivity index (χ0v) is 20.0. The van der Waals surface area contributed by atoms with Gasteiger partial charge in [0, 0.05) is 43.0 Å². The van der Waals surface area contributed by atoms with Crippen molar-refractivity contribution in [1.82, 2.24) is 9.88 Å². The maximum atomic E-state index is 14.2. The molecule has 0 radical (unpaired) electrons. The van der Waals surface area contributed by atoms with E-state index in [0.717, 1.165) is 7.11 Å². The molecule has 2 atom stereocenters. The summed E-state index contributed by atoms with van der Waals surface area (Å²) in [6.07, 6.45) is -8.28. The normalized spacial score (nSPS) is 22.3. The first kappa shape index (κ1) is 27.9. The van der Waals surface area contributed by atoms with Crippen LogP contribution in [0.2, 0.25) is 0 Å². The van der Waals surface area contributed by atoms with Crippen molar-refractivity contribution < 1.29 is 54.2 Å². The Morgan fingerprint density at radius 3 is 2.29 bits per heavy atom. The van der Waals surface area contributed by atoms with Crippen molar-refractivity contribution >= 4 is 11.9 Å². The van der Waals surface area contributed by atoms with Crippen LogP contribution in [0.15, 0.2) is 28.7 Å². The van der Waals surface area contributed by atoms with Crippen LogP contribution in [0.1, 0.15) is 47.2 Å². The zero-order chi connectivity index (χ0) is 27.9. The largest absolute Gasteiger partial charge is 0.469 e. The van der Waals surface area contributed by atoms with E-state index in [9.17, 15) is 40.3 Å². The van der Waals surface area contributed by atoms with Gasteiger partial charge < -0.3 is 18.8 Å². The maximum absolute atomic E-state index is 14.2. The third-order valence-electron chi connectivity index (χ3n) is 6.65. The summed E-state index contributed by atoms with van der Waals surface area (Å²) in [4.78, 5) is 30.0. The molecule has 2 heterocycles. The van der Waals surface area contributed by atoms with E-state index in [1.165, 1.54) is 29.2 Å². The molecule has 0 spiro atoms. The number of alkyl halides is 7. The van der Waals surface area contributed by atoms with Crippen molar-refractivity contribution in [2.45, 2.75) is 43.2 Å². The number of amides is 1.